The Kier molecular flexibility index (Phi) is 6.19. The van der Waals surface area contributed by atoms with Gasteiger partial charge in [0.1, 0.15) is 5.82 Å². The number of sulfonamides is 1. The number of pyridine rings is 1. The summed E-state index contributed by atoms with van der Waals surface area (Å²) in [7, 11) is -3.43. The van der Waals surface area contributed by atoms with Crippen molar-refractivity contribution in [2.75, 3.05) is 22.8 Å². The third kappa shape index (κ3) is 5.48. The van der Waals surface area contributed by atoms with Crippen LogP contribution in [0.1, 0.15) is 37.3 Å². The van der Waals surface area contributed by atoms with Crippen molar-refractivity contribution in [1.82, 2.24) is 20.0 Å². The van der Waals surface area contributed by atoms with Crippen molar-refractivity contribution in [3.63, 3.8) is 0 Å². The van der Waals surface area contributed by atoms with Gasteiger partial charge in [-0.2, -0.15) is 4.98 Å². The number of hydrogen-bond acceptors (Lipinski definition) is 8. The number of likely N-dealkylation sites (tertiary alicyclic amines) is 1. The summed E-state index contributed by atoms with van der Waals surface area (Å²) in [4.78, 5) is 22.0. The van der Waals surface area contributed by atoms with Crippen LogP contribution >= 0.6 is 0 Å². The number of nitrogens with zero attached hydrogens (tertiary/aromatic N) is 4. The van der Waals surface area contributed by atoms with E-state index in [2.05, 4.69) is 30.1 Å². The molecular formula is C21H24N6O4S. The third-order valence-corrected chi connectivity index (χ3v) is 5.64. The number of anilines is 2. The molecule has 32 heavy (non-hydrogen) atoms. The molecule has 0 spiro atoms. The monoisotopic (exact) mass is 456 g/mol. The molecule has 10 nitrogen and oxygen atoms in total. The van der Waals surface area contributed by atoms with Crippen molar-refractivity contribution < 1.29 is 17.7 Å². The van der Waals surface area contributed by atoms with Gasteiger partial charge in [-0.3, -0.25) is 14.4 Å². The molecule has 3 aromatic rings. The third-order valence-electron chi connectivity index (χ3n) is 5.06. The minimum absolute atomic E-state index is 0.00160. The first-order chi connectivity index (χ1) is 15.3. The van der Waals surface area contributed by atoms with Crippen LogP contribution in [-0.4, -0.2) is 47.2 Å². The molecule has 4 rings (SSSR count). The number of carbonyl (C=O) groups is 1. The van der Waals surface area contributed by atoms with Crippen molar-refractivity contribution in [3.05, 3.63) is 54.0 Å². The lowest BCUT2D eigenvalue weighted by Crippen LogP contribution is -2.23. The van der Waals surface area contributed by atoms with Crippen molar-refractivity contribution in [3.8, 4) is 11.4 Å². The second kappa shape index (κ2) is 9.05. The van der Waals surface area contributed by atoms with E-state index >= 15 is 0 Å². The fourth-order valence-corrected chi connectivity index (χ4v) is 4.22. The molecule has 0 saturated carbocycles. The molecule has 1 aliphatic heterocycles. The second-order valence-corrected chi connectivity index (χ2v) is 9.52. The van der Waals surface area contributed by atoms with E-state index in [0.29, 0.717) is 17.3 Å². The Balaban J connectivity index is 1.47. The maximum Gasteiger partial charge on any atom is 0.244 e. The first-order valence-corrected chi connectivity index (χ1v) is 12.0. The quantitative estimate of drug-likeness (QED) is 0.555. The predicted molar refractivity (Wildman–Crippen MR) is 119 cm³/mol. The van der Waals surface area contributed by atoms with E-state index in [1.54, 1.807) is 12.1 Å². The van der Waals surface area contributed by atoms with Gasteiger partial charge in [-0.05, 0) is 49.2 Å². The van der Waals surface area contributed by atoms with Crippen molar-refractivity contribution in [2.45, 2.75) is 32.4 Å². The molecule has 1 unspecified atom stereocenters. The van der Waals surface area contributed by atoms with Crippen LogP contribution in [0.15, 0.2) is 47.1 Å². The van der Waals surface area contributed by atoms with Crippen LogP contribution in [0.4, 0.5) is 11.5 Å². The van der Waals surface area contributed by atoms with Gasteiger partial charge in [-0.15, -0.1) is 0 Å². The molecule has 168 valence electrons. The van der Waals surface area contributed by atoms with Gasteiger partial charge in [0.05, 0.1) is 12.3 Å². The zero-order chi connectivity index (χ0) is 22.7. The van der Waals surface area contributed by atoms with E-state index in [0.717, 1.165) is 43.4 Å². The fraction of sp³-hybridized carbons (Fsp3) is 0.333. The van der Waals surface area contributed by atoms with Crippen LogP contribution in [0.3, 0.4) is 0 Å². The van der Waals surface area contributed by atoms with E-state index in [1.807, 2.05) is 24.3 Å². The first kappa shape index (κ1) is 21.9. The van der Waals surface area contributed by atoms with Crippen molar-refractivity contribution in [2.24, 2.45) is 0 Å². The molecule has 0 radical (unpaired) electrons. The lowest BCUT2D eigenvalue weighted by atomic mass is 10.1. The molecule has 0 bridgehead atoms. The zero-order valence-corrected chi connectivity index (χ0v) is 18.6. The minimum Gasteiger partial charge on any atom is -0.337 e. The van der Waals surface area contributed by atoms with Gasteiger partial charge in [-0.25, -0.2) is 13.4 Å². The van der Waals surface area contributed by atoms with Gasteiger partial charge >= 0.3 is 0 Å². The highest BCUT2D eigenvalue weighted by molar-refractivity contribution is 7.92. The van der Waals surface area contributed by atoms with Crippen molar-refractivity contribution in [1.29, 1.82) is 0 Å². The van der Waals surface area contributed by atoms with E-state index in [9.17, 15) is 13.2 Å². The number of benzene rings is 1. The fourth-order valence-electron chi connectivity index (χ4n) is 3.73. The lowest BCUT2D eigenvalue weighted by Gasteiger charge is -2.21. The summed E-state index contributed by atoms with van der Waals surface area (Å²) >= 11 is 0. The van der Waals surface area contributed by atoms with Crippen LogP contribution in [0.2, 0.25) is 0 Å². The average molecular weight is 457 g/mol. The van der Waals surface area contributed by atoms with Crippen LogP contribution in [-0.2, 0) is 21.4 Å². The Labute approximate surface area is 186 Å². The number of carbonyl (C=O) groups excluding carboxylic acids is 1. The topological polar surface area (TPSA) is 130 Å². The van der Waals surface area contributed by atoms with Crippen LogP contribution in [0.25, 0.3) is 11.4 Å². The zero-order valence-electron chi connectivity index (χ0n) is 17.8. The van der Waals surface area contributed by atoms with Gasteiger partial charge in [-0.1, -0.05) is 17.3 Å². The molecule has 2 aromatic heterocycles. The molecule has 3 heterocycles. The Bertz CT molecular complexity index is 1210. The Morgan fingerprint density at radius 1 is 1.25 bits per heavy atom. The van der Waals surface area contributed by atoms with Gasteiger partial charge < -0.3 is 9.84 Å². The molecule has 2 N–H and O–H groups in total. The number of nitrogens with one attached hydrogen (secondary N) is 2. The number of hydrogen-bond donors (Lipinski definition) is 2. The van der Waals surface area contributed by atoms with Gasteiger partial charge in [0.2, 0.25) is 27.6 Å². The molecule has 0 aliphatic carbocycles. The van der Waals surface area contributed by atoms with E-state index in [-0.39, 0.29) is 17.8 Å². The Morgan fingerprint density at radius 3 is 2.75 bits per heavy atom. The van der Waals surface area contributed by atoms with Gasteiger partial charge in [0.25, 0.3) is 0 Å². The maximum absolute atomic E-state index is 11.5. The summed E-state index contributed by atoms with van der Waals surface area (Å²) in [6.45, 7) is 3.12. The summed E-state index contributed by atoms with van der Waals surface area (Å²) < 4.78 is 30.8. The van der Waals surface area contributed by atoms with Crippen molar-refractivity contribution >= 4 is 27.4 Å². The maximum atomic E-state index is 11.5. The summed E-state index contributed by atoms with van der Waals surface area (Å²) in [5, 5.41) is 6.86. The van der Waals surface area contributed by atoms with Gasteiger partial charge in [0, 0.05) is 30.9 Å². The average Bonchev–Trinajstić information content (AvgIpc) is 3.37. The molecule has 1 saturated heterocycles. The molecule has 1 fully saturated rings. The largest absolute Gasteiger partial charge is 0.337 e. The molecule has 1 amide bonds. The van der Waals surface area contributed by atoms with Crippen LogP contribution in [0, 0.1) is 0 Å². The number of rotatable bonds is 7. The van der Waals surface area contributed by atoms with E-state index in [4.69, 9.17) is 4.52 Å². The summed E-state index contributed by atoms with van der Waals surface area (Å²) in [6, 6.07) is 11.0. The predicted octanol–water partition coefficient (Wildman–Crippen LogP) is 2.80. The SMILES string of the molecule is CC(=O)Nc1ccc(CN2CCCC2c2nc(-c3ccnc(NS(C)(=O)=O)c3)no2)cc1. The smallest absolute Gasteiger partial charge is 0.244 e. The Morgan fingerprint density at radius 2 is 2.03 bits per heavy atom. The molecule has 1 atom stereocenters. The second-order valence-electron chi connectivity index (χ2n) is 7.77. The minimum atomic E-state index is -3.43. The summed E-state index contributed by atoms with van der Waals surface area (Å²) in [6.07, 6.45) is 4.48. The molecule has 1 aromatic carbocycles. The number of amides is 1. The number of aromatic nitrogens is 3. The Hall–Kier alpha value is -3.31. The van der Waals surface area contributed by atoms with Crippen LogP contribution < -0.4 is 10.0 Å². The van der Waals surface area contributed by atoms with E-state index in [1.165, 1.54) is 13.1 Å². The lowest BCUT2D eigenvalue weighted by molar-refractivity contribution is -0.114. The summed E-state index contributed by atoms with van der Waals surface area (Å²) in [5.74, 6) is 1.01. The standard InChI is InChI=1S/C21H24N6O4S/c1-14(28)23-17-7-5-15(6-8-17)13-27-11-3-4-18(27)21-24-20(25-31-21)16-9-10-22-19(12-16)26-32(2,29)30/h5-10,12,18H,3-4,11,13H2,1-2H3,(H,22,26)(H,23,28). The van der Waals surface area contributed by atoms with Gasteiger partial charge in [0.15, 0.2) is 0 Å². The highest BCUT2D eigenvalue weighted by Gasteiger charge is 2.31. The van der Waals surface area contributed by atoms with E-state index < -0.39 is 10.0 Å². The highest BCUT2D eigenvalue weighted by atomic mass is 32.2. The first-order valence-electron chi connectivity index (χ1n) is 10.2. The molecular weight excluding hydrogens is 432 g/mol. The molecule has 11 heteroatoms. The van der Waals surface area contributed by atoms with Crippen LogP contribution in [0.5, 0.6) is 0 Å². The summed E-state index contributed by atoms with van der Waals surface area (Å²) in [5.41, 5.74) is 2.50. The normalized spacial score (nSPS) is 16.8. The molecule has 1 aliphatic rings. The highest BCUT2D eigenvalue weighted by Crippen LogP contribution is 2.33.